The molecule has 0 fully saturated rings. The lowest BCUT2D eigenvalue weighted by Gasteiger charge is -2.11. The molecule has 0 aliphatic rings. The van der Waals surface area contributed by atoms with Gasteiger partial charge in [-0.25, -0.2) is 0 Å². The highest BCUT2D eigenvalue weighted by atomic mass is 16.5. The van der Waals surface area contributed by atoms with Crippen LogP contribution < -0.4 is 10.1 Å². The number of rotatable bonds is 8. The van der Waals surface area contributed by atoms with Crippen molar-refractivity contribution in [2.75, 3.05) is 6.54 Å². The van der Waals surface area contributed by atoms with Crippen molar-refractivity contribution in [3.63, 3.8) is 0 Å². The molecule has 1 aromatic heterocycles. The minimum absolute atomic E-state index is 0.0646. The standard InChI is InChI=1S/C23H27N3O2/c1-17-8-9-19(3)22(12-17)28-16-20-6-4-7-21(13-20)23(27)24-10-5-11-26-15-18(2)14-25-26/h4,6-9,12-15H,5,10-11,16H2,1-3H3,(H,24,27). The van der Waals surface area contributed by atoms with Crippen LogP contribution in [0.1, 0.15) is 39.0 Å². The summed E-state index contributed by atoms with van der Waals surface area (Å²) >= 11 is 0. The minimum Gasteiger partial charge on any atom is -0.489 e. The second-order valence-electron chi connectivity index (χ2n) is 7.15. The number of nitrogens with one attached hydrogen (secondary N) is 1. The van der Waals surface area contributed by atoms with E-state index in [4.69, 9.17) is 4.74 Å². The first-order valence-corrected chi connectivity index (χ1v) is 9.57. The number of carbonyl (C=O) groups is 1. The minimum atomic E-state index is -0.0646. The van der Waals surface area contributed by atoms with Crippen molar-refractivity contribution < 1.29 is 9.53 Å². The molecule has 5 nitrogen and oxygen atoms in total. The lowest BCUT2D eigenvalue weighted by atomic mass is 10.1. The summed E-state index contributed by atoms with van der Waals surface area (Å²) in [6.45, 7) is 7.93. The normalized spacial score (nSPS) is 10.7. The van der Waals surface area contributed by atoms with Crippen LogP contribution in [0.4, 0.5) is 0 Å². The molecule has 1 amide bonds. The second-order valence-corrected chi connectivity index (χ2v) is 7.15. The Hall–Kier alpha value is -3.08. The highest BCUT2D eigenvalue weighted by Gasteiger charge is 2.07. The highest BCUT2D eigenvalue weighted by molar-refractivity contribution is 5.94. The number of benzene rings is 2. The first-order valence-electron chi connectivity index (χ1n) is 9.57. The number of amides is 1. The van der Waals surface area contributed by atoms with Crippen molar-refractivity contribution in [3.05, 3.63) is 82.7 Å². The van der Waals surface area contributed by atoms with Crippen LogP contribution >= 0.6 is 0 Å². The van der Waals surface area contributed by atoms with E-state index in [2.05, 4.69) is 22.5 Å². The van der Waals surface area contributed by atoms with Gasteiger partial charge in [0.05, 0.1) is 6.20 Å². The fourth-order valence-corrected chi connectivity index (χ4v) is 2.96. The Kier molecular flexibility index (Phi) is 6.48. The van der Waals surface area contributed by atoms with Gasteiger partial charge in [-0.15, -0.1) is 0 Å². The number of ether oxygens (including phenoxy) is 1. The fraction of sp³-hybridized carbons (Fsp3) is 0.304. The molecule has 1 heterocycles. The van der Waals surface area contributed by atoms with Gasteiger partial charge in [0, 0.05) is 24.8 Å². The Morgan fingerprint density at radius 1 is 1.11 bits per heavy atom. The molecular weight excluding hydrogens is 350 g/mol. The largest absolute Gasteiger partial charge is 0.489 e. The van der Waals surface area contributed by atoms with E-state index in [1.807, 2.05) is 68.2 Å². The van der Waals surface area contributed by atoms with Crippen molar-refractivity contribution in [1.82, 2.24) is 15.1 Å². The van der Waals surface area contributed by atoms with Crippen molar-refractivity contribution >= 4 is 5.91 Å². The van der Waals surface area contributed by atoms with E-state index in [-0.39, 0.29) is 5.91 Å². The molecule has 1 N–H and O–H groups in total. The molecule has 0 saturated heterocycles. The maximum atomic E-state index is 12.4. The lowest BCUT2D eigenvalue weighted by Crippen LogP contribution is -2.25. The van der Waals surface area contributed by atoms with Gasteiger partial charge in [-0.3, -0.25) is 9.48 Å². The summed E-state index contributed by atoms with van der Waals surface area (Å²) in [4.78, 5) is 12.4. The number of hydrogen-bond donors (Lipinski definition) is 1. The van der Waals surface area contributed by atoms with Gasteiger partial charge in [0.15, 0.2) is 0 Å². The fourth-order valence-electron chi connectivity index (χ4n) is 2.96. The van der Waals surface area contributed by atoms with Gasteiger partial charge in [0.1, 0.15) is 12.4 Å². The Balaban J connectivity index is 1.50. The maximum absolute atomic E-state index is 12.4. The Morgan fingerprint density at radius 3 is 2.75 bits per heavy atom. The van der Waals surface area contributed by atoms with Gasteiger partial charge in [0.2, 0.25) is 0 Å². The summed E-state index contributed by atoms with van der Waals surface area (Å²) in [6.07, 6.45) is 4.67. The quantitative estimate of drug-likeness (QED) is 0.599. The zero-order valence-corrected chi connectivity index (χ0v) is 16.7. The highest BCUT2D eigenvalue weighted by Crippen LogP contribution is 2.20. The zero-order valence-electron chi connectivity index (χ0n) is 16.7. The van der Waals surface area contributed by atoms with Gasteiger partial charge < -0.3 is 10.1 Å². The molecule has 0 bridgehead atoms. The van der Waals surface area contributed by atoms with E-state index in [1.54, 1.807) is 0 Å². The van der Waals surface area contributed by atoms with E-state index < -0.39 is 0 Å². The van der Waals surface area contributed by atoms with E-state index in [9.17, 15) is 4.79 Å². The smallest absolute Gasteiger partial charge is 0.251 e. The Bertz CT molecular complexity index is 947. The SMILES string of the molecule is Cc1ccc(C)c(OCc2cccc(C(=O)NCCCn3cc(C)cn3)c2)c1. The zero-order chi connectivity index (χ0) is 19.9. The second kappa shape index (κ2) is 9.22. The molecule has 0 spiro atoms. The number of aromatic nitrogens is 2. The predicted molar refractivity (Wildman–Crippen MR) is 111 cm³/mol. The van der Waals surface area contributed by atoms with Crippen LogP contribution in [-0.4, -0.2) is 22.2 Å². The van der Waals surface area contributed by atoms with Gasteiger partial charge in [0.25, 0.3) is 5.91 Å². The van der Waals surface area contributed by atoms with Gasteiger partial charge in [-0.1, -0.05) is 24.3 Å². The summed E-state index contributed by atoms with van der Waals surface area (Å²) in [5.74, 6) is 0.814. The molecule has 0 aliphatic heterocycles. The Morgan fingerprint density at radius 2 is 1.96 bits per heavy atom. The molecule has 0 aliphatic carbocycles. The van der Waals surface area contributed by atoms with Crippen LogP contribution in [0.15, 0.2) is 54.9 Å². The molecule has 0 radical (unpaired) electrons. The summed E-state index contributed by atoms with van der Waals surface area (Å²) in [7, 11) is 0. The average molecular weight is 377 g/mol. The summed E-state index contributed by atoms with van der Waals surface area (Å²) in [6, 6.07) is 13.7. The van der Waals surface area contributed by atoms with Gasteiger partial charge in [-0.05, 0) is 67.6 Å². The number of hydrogen-bond acceptors (Lipinski definition) is 3. The molecule has 3 rings (SSSR count). The third-order valence-electron chi connectivity index (χ3n) is 4.54. The number of nitrogens with zero attached hydrogens (tertiary/aromatic N) is 2. The molecular formula is C23H27N3O2. The summed E-state index contributed by atoms with van der Waals surface area (Å²) in [5, 5.41) is 7.22. The molecule has 3 aromatic rings. The average Bonchev–Trinajstić information content (AvgIpc) is 3.11. The van der Waals surface area contributed by atoms with E-state index in [0.29, 0.717) is 18.7 Å². The van der Waals surface area contributed by atoms with Crippen LogP contribution in [0.3, 0.4) is 0 Å². The van der Waals surface area contributed by atoms with Crippen LogP contribution in [0.25, 0.3) is 0 Å². The molecule has 0 unspecified atom stereocenters. The Labute approximate surface area is 166 Å². The van der Waals surface area contributed by atoms with Gasteiger partial charge in [-0.2, -0.15) is 5.10 Å². The van der Waals surface area contributed by atoms with E-state index in [0.717, 1.165) is 35.4 Å². The van der Waals surface area contributed by atoms with E-state index in [1.165, 1.54) is 5.56 Å². The third-order valence-corrected chi connectivity index (χ3v) is 4.54. The maximum Gasteiger partial charge on any atom is 0.251 e. The molecule has 2 aromatic carbocycles. The van der Waals surface area contributed by atoms with Crippen LogP contribution in [0.5, 0.6) is 5.75 Å². The first-order chi connectivity index (χ1) is 13.5. The summed E-state index contributed by atoms with van der Waals surface area (Å²) < 4.78 is 7.84. The van der Waals surface area contributed by atoms with Crippen molar-refractivity contribution in [2.24, 2.45) is 0 Å². The number of aryl methyl sites for hydroxylation is 4. The van der Waals surface area contributed by atoms with Crippen molar-refractivity contribution in [3.8, 4) is 5.75 Å². The molecule has 5 heteroatoms. The van der Waals surface area contributed by atoms with Crippen molar-refractivity contribution in [1.29, 1.82) is 0 Å². The lowest BCUT2D eigenvalue weighted by molar-refractivity contribution is 0.0952. The van der Waals surface area contributed by atoms with Crippen LogP contribution in [0.2, 0.25) is 0 Å². The monoisotopic (exact) mass is 377 g/mol. The first kappa shape index (κ1) is 19.7. The predicted octanol–water partition coefficient (Wildman–Crippen LogP) is 4.21. The molecule has 28 heavy (non-hydrogen) atoms. The molecule has 146 valence electrons. The number of carbonyl (C=O) groups excluding carboxylic acids is 1. The summed E-state index contributed by atoms with van der Waals surface area (Å²) in [5.41, 5.74) is 5.03. The van der Waals surface area contributed by atoms with Crippen molar-refractivity contribution in [2.45, 2.75) is 40.3 Å². The topological polar surface area (TPSA) is 56.1 Å². The molecule has 0 saturated carbocycles. The third kappa shape index (κ3) is 5.46. The molecule has 0 atom stereocenters. The van der Waals surface area contributed by atoms with Crippen LogP contribution in [0, 0.1) is 20.8 Å². The van der Waals surface area contributed by atoms with Gasteiger partial charge >= 0.3 is 0 Å². The van der Waals surface area contributed by atoms with Crippen LogP contribution in [-0.2, 0) is 13.2 Å². The van der Waals surface area contributed by atoms with E-state index >= 15 is 0 Å².